The van der Waals surface area contributed by atoms with Crippen molar-refractivity contribution in [3.8, 4) is 5.88 Å². The SMILES string of the molecule is CCOc1ncccc1NC(=O)[C@@H](N)CC. The lowest BCUT2D eigenvalue weighted by Gasteiger charge is -2.12. The molecule has 0 unspecified atom stereocenters. The summed E-state index contributed by atoms with van der Waals surface area (Å²) in [6.07, 6.45) is 2.20. The Morgan fingerprint density at radius 1 is 1.62 bits per heavy atom. The first-order valence-corrected chi connectivity index (χ1v) is 5.33. The average Bonchev–Trinajstić information content (AvgIpc) is 2.31. The summed E-state index contributed by atoms with van der Waals surface area (Å²) in [6, 6.07) is 2.96. The number of anilines is 1. The molecule has 1 amide bonds. The van der Waals surface area contributed by atoms with E-state index in [0.717, 1.165) is 0 Å². The van der Waals surface area contributed by atoms with Gasteiger partial charge in [0.2, 0.25) is 11.8 Å². The van der Waals surface area contributed by atoms with Crippen molar-refractivity contribution in [2.45, 2.75) is 26.3 Å². The summed E-state index contributed by atoms with van der Waals surface area (Å²) in [7, 11) is 0. The van der Waals surface area contributed by atoms with E-state index >= 15 is 0 Å². The Kier molecular flexibility index (Phi) is 4.72. The first kappa shape index (κ1) is 12.4. The fraction of sp³-hybridized carbons (Fsp3) is 0.455. The van der Waals surface area contributed by atoms with E-state index in [0.29, 0.717) is 24.6 Å². The molecule has 5 heteroatoms. The van der Waals surface area contributed by atoms with Crippen molar-refractivity contribution in [2.24, 2.45) is 5.73 Å². The number of nitrogens with two attached hydrogens (primary N) is 1. The van der Waals surface area contributed by atoms with Gasteiger partial charge in [-0.05, 0) is 25.5 Å². The minimum atomic E-state index is -0.505. The van der Waals surface area contributed by atoms with Crippen LogP contribution < -0.4 is 15.8 Å². The highest BCUT2D eigenvalue weighted by atomic mass is 16.5. The molecule has 88 valence electrons. The zero-order valence-electron chi connectivity index (χ0n) is 9.56. The second-order valence-electron chi connectivity index (χ2n) is 3.29. The molecule has 0 aliphatic rings. The second-order valence-corrected chi connectivity index (χ2v) is 3.29. The summed E-state index contributed by atoms with van der Waals surface area (Å²) in [5, 5.41) is 2.69. The van der Waals surface area contributed by atoms with Gasteiger partial charge in [-0.2, -0.15) is 0 Å². The molecule has 0 spiro atoms. The van der Waals surface area contributed by atoms with E-state index in [2.05, 4.69) is 10.3 Å². The first-order chi connectivity index (χ1) is 7.69. The van der Waals surface area contributed by atoms with Gasteiger partial charge in [0.1, 0.15) is 5.69 Å². The summed E-state index contributed by atoms with van der Waals surface area (Å²) >= 11 is 0. The van der Waals surface area contributed by atoms with Gasteiger partial charge in [-0.3, -0.25) is 4.79 Å². The fourth-order valence-corrected chi connectivity index (χ4v) is 1.15. The Labute approximate surface area is 95.0 Å². The van der Waals surface area contributed by atoms with Gasteiger partial charge in [0.25, 0.3) is 0 Å². The van der Waals surface area contributed by atoms with Gasteiger partial charge in [0, 0.05) is 6.20 Å². The Morgan fingerprint density at radius 3 is 3.00 bits per heavy atom. The molecule has 1 atom stereocenters. The zero-order chi connectivity index (χ0) is 12.0. The number of hydrogen-bond donors (Lipinski definition) is 2. The molecular formula is C11H17N3O2. The predicted molar refractivity (Wildman–Crippen MR) is 62.3 cm³/mol. The number of amides is 1. The zero-order valence-corrected chi connectivity index (χ0v) is 9.56. The van der Waals surface area contributed by atoms with Crippen LogP contribution in [0.15, 0.2) is 18.3 Å². The molecule has 0 aliphatic heterocycles. The molecule has 1 rings (SSSR count). The van der Waals surface area contributed by atoms with Gasteiger partial charge in [-0.1, -0.05) is 6.92 Å². The van der Waals surface area contributed by atoms with E-state index in [9.17, 15) is 4.79 Å². The molecule has 0 aliphatic carbocycles. The summed E-state index contributed by atoms with van der Waals surface area (Å²) in [5.41, 5.74) is 6.17. The van der Waals surface area contributed by atoms with E-state index in [1.165, 1.54) is 0 Å². The molecule has 0 saturated heterocycles. The van der Waals surface area contributed by atoms with Crippen molar-refractivity contribution in [2.75, 3.05) is 11.9 Å². The van der Waals surface area contributed by atoms with Crippen LogP contribution in [0.4, 0.5) is 5.69 Å². The van der Waals surface area contributed by atoms with Crippen LogP contribution in [0.5, 0.6) is 5.88 Å². The number of hydrogen-bond acceptors (Lipinski definition) is 4. The molecule has 1 aromatic heterocycles. The third kappa shape index (κ3) is 3.20. The van der Waals surface area contributed by atoms with Gasteiger partial charge >= 0.3 is 0 Å². The van der Waals surface area contributed by atoms with Crippen LogP contribution >= 0.6 is 0 Å². The maximum Gasteiger partial charge on any atom is 0.241 e. The van der Waals surface area contributed by atoms with E-state index < -0.39 is 6.04 Å². The van der Waals surface area contributed by atoms with Gasteiger partial charge < -0.3 is 15.8 Å². The molecule has 0 radical (unpaired) electrons. The molecule has 3 N–H and O–H groups in total. The summed E-state index contributed by atoms with van der Waals surface area (Å²) in [5.74, 6) is 0.193. The minimum absolute atomic E-state index is 0.226. The molecule has 1 aromatic rings. The summed E-state index contributed by atoms with van der Waals surface area (Å²) in [4.78, 5) is 15.6. The van der Waals surface area contributed by atoms with Crippen LogP contribution in [0.1, 0.15) is 20.3 Å². The maximum absolute atomic E-state index is 11.6. The highest BCUT2D eigenvalue weighted by molar-refractivity contribution is 5.95. The quantitative estimate of drug-likeness (QED) is 0.785. The monoisotopic (exact) mass is 223 g/mol. The van der Waals surface area contributed by atoms with E-state index in [4.69, 9.17) is 10.5 Å². The van der Waals surface area contributed by atoms with Crippen LogP contribution in [0.3, 0.4) is 0 Å². The van der Waals surface area contributed by atoms with Crippen molar-refractivity contribution in [3.63, 3.8) is 0 Å². The Bertz CT molecular complexity index is 355. The maximum atomic E-state index is 11.6. The number of nitrogens with one attached hydrogen (secondary N) is 1. The number of ether oxygens (including phenoxy) is 1. The average molecular weight is 223 g/mol. The first-order valence-electron chi connectivity index (χ1n) is 5.33. The molecule has 0 saturated carbocycles. The molecule has 0 fully saturated rings. The van der Waals surface area contributed by atoms with Gasteiger partial charge in [-0.15, -0.1) is 0 Å². The molecule has 1 heterocycles. The number of carbonyl (C=O) groups excluding carboxylic acids is 1. The lowest BCUT2D eigenvalue weighted by molar-refractivity contribution is -0.117. The third-order valence-electron chi connectivity index (χ3n) is 2.09. The van der Waals surface area contributed by atoms with Gasteiger partial charge in [0.15, 0.2) is 0 Å². The van der Waals surface area contributed by atoms with Gasteiger partial charge in [-0.25, -0.2) is 4.98 Å². The smallest absolute Gasteiger partial charge is 0.241 e. The summed E-state index contributed by atoms with van der Waals surface area (Å²) < 4.78 is 5.28. The second kappa shape index (κ2) is 6.07. The third-order valence-corrected chi connectivity index (χ3v) is 2.09. The van der Waals surface area contributed by atoms with Crippen LogP contribution in [-0.2, 0) is 4.79 Å². The number of aromatic nitrogens is 1. The topological polar surface area (TPSA) is 77.2 Å². The van der Waals surface area contributed by atoms with Gasteiger partial charge in [0.05, 0.1) is 12.6 Å². The van der Waals surface area contributed by atoms with Crippen molar-refractivity contribution < 1.29 is 9.53 Å². The lowest BCUT2D eigenvalue weighted by atomic mass is 10.2. The lowest BCUT2D eigenvalue weighted by Crippen LogP contribution is -2.34. The normalized spacial score (nSPS) is 11.9. The largest absolute Gasteiger partial charge is 0.476 e. The molecular weight excluding hydrogens is 206 g/mol. The number of rotatable bonds is 5. The summed E-state index contributed by atoms with van der Waals surface area (Å²) in [6.45, 7) is 4.22. The van der Waals surface area contributed by atoms with E-state index in [-0.39, 0.29) is 5.91 Å². The molecule has 0 aromatic carbocycles. The number of pyridine rings is 1. The van der Waals surface area contributed by atoms with Crippen molar-refractivity contribution in [1.82, 2.24) is 4.98 Å². The van der Waals surface area contributed by atoms with Crippen molar-refractivity contribution in [3.05, 3.63) is 18.3 Å². The predicted octanol–water partition coefficient (Wildman–Crippen LogP) is 1.16. The number of nitrogens with zero attached hydrogens (tertiary/aromatic N) is 1. The van der Waals surface area contributed by atoms with E-state index in [1.807, 2.05) is 13.8 Å². The molecule has 5 nitrogen and oxygen atoms in total. The van der Waals surface area contributed by atoms with Crippen LogP contribution in [0.2, 0.25) is 0 Å². The van der Waals surface area contributed by atoms with E-state index in [1.54, 1.807) is 18.3 Å². The van der Waals surface area contributed by atoms with Crippen LogP contribution in [-0.4, -0.2) is 23.5 Å². The van der Waals surface area contributed by atoms with Crippen LogP contribution in [0.25, 0.3) is 0 Å². The minimum Gasteiger partial charge on any atom is -0.476 e. The number of carbonyl (C=O) groups is 1. The molecule has 16 heavy (non-hydrogen) atoms. The van der Waals surface area contributed by atoms with Crippen molar-refractivity contribution in [1.29, 1.82) is 0 Å². The van der Waals surface area contributed by atoms with Crippen LogP contribution in [0, 0.1) is 0 Å². The van der Waals surface area contributed by atoms with Crippen molar-refractivity contribution >= 4 is 11.6 Å². The Morgan fingerprint density at radius 2 is 2.38 bits per heavy atom. The highest BCUT2D eigenvalue weighted by Gasteiger charge is 2.13. The Hall–Kier alpha value is -1.62. The molecule has 0 bridgehead atoms. The fourth-order valence-electron chi connectivity index (χ4n) is 1.15. The standard InChI is InChI=1S/C11H17N3O2/c1-3-8(12)10(15)14-9-6-5-7-13-11(9)16-4-2/h5-8H,3-4,12H2,1-2H3,(H,14,15)/t8-/m0/s1. The highest BCUT2D eigenvalue weighted by Crippen LogP contribution is 2.20. The Balaban J connectivity index is 2.76.